The second-order valence-corrected chi connectivity index (χ2v) is 5.43. The Bertz CT molecular complexity index is 252. The smallest absolute Gasteiger partial charge is 0.234 e. The number of aliphatic hydroxyl groups excluding tert-OH is 1. The molecule has 1 saturated heterocycles. The van der Waals surface area contributed by atoms with Crippen LogP contribution < -0.4 is 5.32 Å². The van der Waals surface area contributed by atoms with Crippen LogP contribution in [0.1, 0.15) is 52.9 Å². The van der Waals surface area contributed by atoms with Gasteiger partial charge >= 0.3 is 0 Å². The molecule has 18 heavy (non-hydrogen) atoms. The lowest BCUT2D eigenvalue weighted by molar-refractivity contribution is -0.123. The largest absolute Gasteiger partial charge is 0.393 e. The molecule has 1 aliphatic rings. The predicted octanol–water partition coefficient (Wildman–Crippen LogP) is 1.53. The quantitative estimate of drug-likeness (QED) is 0.726. The summed E-state index contributed by atoms with van der Waals surface area (Å²) in [6.45, 7) is 7.48. The van der Waals surface area contributed by atoms with Crippen LogP contribution in [0.25, 0.3) is 0 Å². The van der Waals surface area contributed by atoms with Gasteiger partial charge in [0, 0.05) is 12.1 Å². The summed E-state index contributed by atoms with van der Waals surface area (Å²) in [7, 11) is 0. The second-order valence-electron chi connectivity index (χ2n) is 5.43. The minimum Gasteiger partial charge on any atom is -0.393 e. The maximum absolute atomic E-state index is 11.9. The van der Waals surface area contributed by atoms with Crippen LogP contribution in [0.15, 0.2) is 0 Å². The summed E-state index contributed by atoms with van der Waals surface area (Å²) in [5.74, 6) is 0.126. The zero-order valence-corrected chi connectivity index (χ0v) is 12.0. The molecule has 0 aliphatic carbocycles. The van der Waals surface area contributed by atoms with Crippen LogP contribution in [0.2, 0.25) is 0 Å². The Morgan fingerprint density at radius 2 is 2.11 bits per heavy atom. The Kier molecular flexibility index (Phi) is 6.65. The van der Waals surface area contributed by atoms with Crippen LogP contribution in [0.4, 0.5) is 0 Å². The number of aliphatic hydroxyl groups is 1. The van der Waals surface area contributed by atoms with E-state index < -0.39 is 0 Å². The van der Waals surface area contributed by atoms with Crippen LogP contribution in [-0.2, 0) is 4.79 Å². The molecule has 1 amide bonds. The molecular weight excluding hydrogens is 228 g/mol. The molecule has 2 atom stereocenters. The standard InChI is InChI=1S/C14H28N2O2/c1-4-12(5-2)15-14(18)10-16-8-6-7-13(16)9-11(3)17/h11-13,17H,4-10H2,1-3H3,(H,15,18). The Balaban J connectivity index is 2.38. The number of carbonyl (C=O) groups excluding carboxylic acids is 1. The van der Waals surface area contributed by atoms with Crippen molar-refractivity contribution in [1.82, 2.24) is 10.2 Å². The third kappa shape index (κ3) is 4.94. The molecule has 2 unspecified atom stereocenters. The predicted molar refractivity (Wildman–Crippen MR) is 73.4 cm³/mol. The minimum absolute atomic E-state index is 0.126. The zero-order chi connectivity index (χ0) is 13.5. The Hall–Kier alpha value is -0.610. The van der Waals surface area contributed by atoms with Crippen molar-refractivity contribution in [3.8, 4) is 0 Å². The average Bonchev–Trinajstić information content (AvgIpc) is 2.72. The van der Waals surface area contributed by atoms with E-state index in [-0.39, 0.29) is 12.0 Å². The molecule has 0 aromatic heterocycles. The number of likely N-dealkylation sites (tertiary alicyclic amines) is 1. The molecule has 0 bridgehead atoms. The van der Waals surface area contributed by atoms with Gasteiger partial charge in [0.25, 0.3) is 0 Å². The fraction of sp³-hybridized carbons (Fsp3) is 0.929. The van der Waals surface area contributed by atoms with Crippen molar-refractivity contribution < 1.29 is 9.90 Å². The average molecular weight is 256 g/mol. The molecule has 2 N–H and O–H groups in total. The van der Waals surface area contributed by atoms with Gasteiger partial charge in [-0.2, -0.15) is 0 Å². The molecule has 4 heteroatoms. The van der Waals surface area contributed by atoms with E-state index in [4.69, 9.17) is 0 Å². The Labute approximate surface area is 111 Å². The van der Waals surface area contributed by atoms with Gasteiger partial charge in [-0.15, -0.1) is 0 Å². The molecule has 1 heterocycles. The van der Waals surface area contributed by atoms with Crippen LogP contribution in [0, 0.1) is 0 Å². The first kappa shape index (κ1) is 15.4. The molecule has 0 aromatic carbocycles. The normalized spacial score (nSPS) is 22.4. The number of hydrogen-bond donors (Lipinski definition) is 2. The van der Waals surface area contributed by atoms with Gasteiger partial charge in [-0.05, 0) is 45.6 Å². The van der Waals surface area contributed by atoms with Crippen molar-refractivity contribution in [3.05, 3.63) is 0 Å². The van der Waals surface area contributed by atoms with Crippen LogP contribution in [-0.4, -0.2) is 47.2 Å². The van der Waals surface area contributed by atoms with Gasteiger partial charge in [0.05, 0.1) is 12.6 Å². The zero-order valence-electron chi connectivity index (χ0n) is 12.0. The van der Waals surface area contributed by atoms with Crippen molar-refractivity contribution in [2.24, 2.45) is 0 Å². The van der Waals surface area contributed by atoms with E-state index in [1.165, 1.54) is 0 Å². The highest BCUT2D eigenvalue weighted by Gasteiger charge is 2.27. The van der Waals surface area contributed by atoms with Crippen molar-refractivity contribution >= 4 is 5.91 Å². The highest BCUT2D eigenvalue weighted by Crippen LogP contribution is 2.20. The van der Waals surface area contributed by atoms with Crippen molar-refractivity contribution in [2.75, 3.05) is 13.1 Å². The first-order chi connectivity index (χ1) is 8.56. The monoisotopic (exact) mass is 256 g/mol. The van der Waals surface area contributed by atoms with Gasteiger partial charge in [0.1, 0.15) is 0 Å². The van der Waals surface area contributed by atoms with E-state index in [1.807, 2.05) is 6.92 Å². The van der Waals surface area contributed by atoms with E-state index in [9.17, 15) is 9.90 Å². The minimum atomic E-state index is -0.280. The van der Waals surface area contributed by atoms with E-state index in [0.29, 0.717) is 18.6 Å². The topological polar surface area (TPSA) is 52.6 Å². The maximum Gasteiger partial charge on any atom is 0.234 e. The second kappa shape index (κ2) is 7.74. The number of nitrogens with zero attached hydrogens (tertiary/aromatic N) is 1. The summed E-state index contributed by atoms with van der Waals surface area (Å²) in [5, 5.41) is 12.5. The van der Waals surface area contributed by atoms with Gasteiger partial charge < -0.3 is 10.4 Å². The number of nitrogens with one attached hydrogen (secondary N) is 1. The van der Waals surface area contributed by atoms with Gasteiger partial charge in [0.15, 0.2) is 0 Å². The molecule has 1 fully saturated rings. The lowest BCUT2D eigenvalue weighted by atomic mass is 10.1. The molecule has 0 saturated carbocycles. The molecule has 1 aliphatic heterocycles. The number of amides is 1. The van der Waals surface area contributed by atoms with E-state index >= 15 is 0 Å². The highest BCUT2D eigenvalue weighted by molar-refractivity contribution is 5.78. The van der Waals surface area contributed by atoms with Gasteiger partial charge in [-0.1, -0.05) is 13.8 Å². The fourth-order valence-electron chi connectivity index (χ4n) is 2.71. The van der Waals surface area contributed by atoms with E-state index in [1.54, 1.807) is 0 Å². The Morgan fingerprint density at radius 3 is 2.67 bits per heavy atom. The molecule has 0 radical (unpaired) electrons. The number of hydrogen-bond acceptors (Lipinski definition) is 3. The molecule has 106 valence electrons. The highest BCUT2D eigenvalue weighted by atomic mass is 16.3. The van der Waals surface area contributed by atoms with E-state index in [0.717, 1.165) is 38.6 Å². The van der Waals surface area contributed by atoms with Gasteiger partial charge in [-0.3, -0.25) is 9.69 Å². The van der Waals surface area contributed by atoms with Crippen molar-refractivity contribution in [1.29, 1.82) is 0 Å². The molecular formula is C14H28N2O2. The van der Waals surface area contributed by atoms with Crippen molar-refractivity contribution in [3.63, 3.8) is 0 Å². The molecule has 1 rings (SSSR count). The first-order valence-electron chi connectivity index (χ1n) is 7.28. The summed E-state index contributed by atoms with van der Waals surface area (Å²) in [6.07, 6.45) is 4.70. The first-order valence-corrected chi connectivity index (χ1v) is 7.28. The molecule has 4 nitrogen and oxygen atoms in total. The summed E-state index contributed by atoms with van der Waals surface area (Å²) < 4.78 is 0. The van der Waals surface area contributed by atoms with Crippen molar-refractivity contribution in [2.45, 2.75) is 71.1 Å². The lowest BCUT2D eigenvalue weighted by Crippen LogP contribution is -2.43. The molecule has 0 spiro atoms. The van der Waals surface area contributed by atoms with Gasteiger partial charge in [0.2, 0.25) is 5.91 Å². The summed E-state index contributed by atoms with van der Waals surface area (Å²) in [4.78, 5) is 14.2. The number of carbonyl (C=O) groups is 1. The molecule has 0 aromatic rings. The lowest BCUT2D eigenvalue weighted by Gasteiger charge is -2.25. The summed E-state index contributed by atoms with van der Waals surface area (Å²) in [5.41, 5.74) is 0. The SMILES string of the molecule is CCC(CC)NC(=O)CN1CCCC1CC(C)O. The van der Waals surface area contributed by atoms with Gasteiger partial charge in [-0.25, -0.2) is 0 Å². The fourth-order valence-corrected chi connectivity index (χ4v) is 2.71. The van der Waals surface area contributed by atoms with Crippen LogP contribution >= 0.6 is 0 Å². The van der Waals surface area contributed by atoms with Crippen LogP contribution in [0.5, 0.6) is 0 Å². The summed E-state index contributed by atoms with van der Waals surface area (Å²) >= 11 is 0. The van der Waals surface area contributed by atoms with Crippen LogP contribution in [0.3, 0.4) is 0 Å². The Morgan fingerprint density at radius 1 is 1.44 bits per heavy atom. The third-order valence-corrected chi connectivity index (χ3v) is 3.81. The summed E-state index contributed by atoms with van der Waals surface area (Å²) in [6, 6.07) is 0.674. The maximum atomic E-state index is 11.9. The van der Waals surface area contributed by atoms with E-state index in [2.05, 4.69) is 24.1 Å². The third-order valence-electron chi connectivity index (χ3n) is 3.81. The number of rotatable bonds is 7.